The Kier molecular flexibility index (Phi) is 8.53. The number of allylic oxidation sites excluding steroid dienone is 1. The Labute approximate surface area is 258 Å². The first-order chi connectivity index (χ1) is 20.8. The normalized spacial score (nSPS) is 13.1. The van der Waals surface area contributed by atoms with E-state index in [2.05, 4.69) is 4.98 Å². The van der Waals surface area contributed by atoms with E-state index in [-0.39, 0.29) is 32.7 Å². The van der Waals surface area contributed by atoms with Crippen LogP contribution >= 0.6 is 11.6 Å². The van der Waals surface area contributed by atoms with Gasteiger partial charge in [-0.2, -0.15) is 0 Å². The molecular weight excluding hydrogens is 628 g/mol. The molecule has 6 nitrogen and oxygen atoms in total. The molecule has 0 spiro atoms. The van der Waals surface area contributed by atoms with Crippen LogP contribution < -0.4 is 0 Å². The summed E-state index contributed by atoms with van der Waals surface area (Å²) in [6.45, 7) is 0. The lowest BCUT2D eigenvalue weighted by molar-refractivity contribution is -0.113. The van der Waals surface area contributed by atoms with Crippen LogP contribution in [0.5, 0.6) is 0 Å². The van der Waals surface area contributed by atoms with Crippen LogP contribution in [0.4, 0.5) is 8.78 Å². The zero-order valence-electron chi connectivity index (χ0n) is 23.4. The highest BCUT2D eigenvalue weighted by molar-refractivity contribution is 7.91. The number of sulfone groups is 2. The number of para-hydroxylation sites is 1. The van der Waals surface area contributed by atoms with Crippen molar-refractivity contribution in [2.24, 2.45) is 0 Å². The van der Waals surface area contributed by atoms with Crippen LogP contribution in [0.2, 0.25) is 5.15 Å². The van der Waals surface area contributed by atoms with E-state index in [4.69, 9.17) is 11.6 Å². The number of nitrogens with zero attached hydrogens (tertiary/aromatic N) is 1. The van der Waals surface area contributed by atoms with Gasteiger partial charge in [-0.05, 0) is 42.0 Å². The van der Waals surface area contributed by atoms with E-state index in [0.29, 0.717) is 38.8 Å². The summed E-state index contributed by atoms with van der Waals surface area (Å²) in [5.41, 5.74) is 2.71. The standard InChI is InChI=1S/C17H13FO3S.C16H11ClFNO2S/c1-22(20,21)17-8-3-2-6-12(17)14-9-11-5-4-7-15(18)13(11)10-16(14)19;1-22(20,21)14-8-3-2-6-11(14)12-9-10-5-4-7-13(18)15(10)19-16(12)17/h2-9H,10H2,1H3;2-9H,1H3. The van der Waals surface area contributed by atoms with Gasteiger partial charge in [-0.3, -0.25) is 4.79 Å². The van der Waals surface area contributed by atoms with E-state index in [1.165, 1.54) is 24.3 Å². The summed E-state index contributed by atoms with van der Waals surface area (Å²) in [6, 6.07) is 23.7. The van der Waals surface area contributed by atoms with E-state index in [9.17, 15) is 30.4 Å². The molecule has 4 aromatic carbocycles. The van der Waals surface area contributed by atoms with Crippen LogP contribution in [0, 0.1) is 11.6 Å². The lowest BCUT2D eigenvalue weighted by Crippen LogP contribution is -2.15. The number of rotatable bonds is 4. The Morgan fingerprint density at radius 1 is 0.705 bits per heavy atom. The smallest absolute Gasteiger partial charge is 0.176 e. The minimum Gasteiger partial charge on any atom is -0.294 e. The highest BCUT2D eigenvalue weighted by atomic mass is 35.5. The number of fused-ring (bicyclic) bond motifs is 2. The molecule has 0 fully saturated rings. The first-order valence-corrected chi connectivity index (χ1v) is 17.3. The molecule has 1 heterocycles. The predicted octanol–water partition coefficient (Wildman–Crippen LogP) is 6.99. The summed E-state index contributed by atoms with van der Waals surface area (Å²) in [7, 11) is -6.88. The van der Waals surface area contributed by atoms with Crippen molar-refractivity contribution in [1.82, 2.24) is 4.98 Å². The first-order valence-electron chi connectivity index (χ1n) is 13.1. The number of aromatic nitrogens is 1. The van der Waals surface area contributed by atoms with Gasteiger partial charge in [-0.1, -0.05) is 72.3 Å². The lowest BCUT2D eigenvalue weighted by atomic mass is 9.87. The van der Waals surface area contributed by atoms with Crippen molar-refractivity contribution in [2.75, 3.05) is 12.5 Å². The largest absolute Gasteiger partial charge is 0.294 e. The molecular formula is C33H24ClF2NO5S2. The Bertz CT molecular complexity index is 2220. The molecule has 11 heteroatoms. The van der Waals surface area contributed by atoms with Crippen molar-refractivity contribution in [3.63, 3.8) is 0 Å². The molecule has 0 aliphatic heterocycles. The molecule has 6 rings (SSSR count). The van der Waals surface area contributed by atoms with E-state index in [1.54, 1.807) is 72.8 Å². The van der Waals surface area contributed by atoms with Crippen LogP contribution in [0.1, 0.15) is 16.7 Å². The second-order valence-corrected chi connectivity index (χ2v) is 14.5. The molecule has 1 aromatic heterocycles. The molecule has 44 heavy (non-hydrogen) atoms. The molecule has 0 unspecified atom stereocenters. The van der Waals surface area contributed by atoms with Crippen molar-refractivity contribution >= 4 is 59.6 Å². The summed E-state index contributed by atoms with van der Waals surface area (Å²) in [5.74, 6) is -1.17. The number of benzene rings is 4. The van der Waals surface area contributed by atoms with Gasteiger partial charge in [0.1, 0.15) is 22.3 Å². The maximum absolute atomic E-state index is 13.8. The fourth-order valence-corrected chi connectivity index (χ4v) is 7.02. The van der Waals surface area contributed by atoms with Crippen molar-refractivity contribution in [2.45, 2.75) is 16.2 Å². The number of Topliss-reactive ketones (excluding diaryl/α,β-unsaturated/α-hetero) is 1. The van der Waals surface area contributed by atoms with Gasteiger partial charge < -0.3 is 0 Å². The molecule has 0 N–H and O–H groups in total. The molecule has 224 valence electrons. The number of hydrogen-bond donors (Lipinski definition) is 0. The van der Waals surface area contributed by atoms with Gasteiger partial charge in [-0.25, -0.2) is 30.6 Å². The lowest BCUT2D eigenvalue weighted by Gasteiger charge is -2.18. The number of hydrogen-bond acceptors (Lipinski definition) is 6. The second kappa shape index (κ2) is 12.0. The minimum absolute atomic E-state index is 0.0636. The molecule has 0 atom stereocenters. The maximum Gasteiger partial charge on any atom is 0.176 e. The van der Waals surface area contributed by atoms with Crippen molar-refractivity contribution in [3.8, 4) is 11.1 Å². The zero-order chi connectivity index (χ0) is 31.8. The highest BCUT2D eigenvalue weighted by Gasteiger charge is 2.25. The average molecular weight is 652 g/mol. The van der Waals surface area contributed by atoms with Gasteiger partial charge >= 0.3 is 0 Å². The summed E-state index contributed by atoms with van der Waals surface area (Å²) in [5, 5.41) is 0.622. The van der Waals surface area contributed by atoms with Crippen LogP contribution in [0.25, 0.3) is 33.7 Å². The van der Waals surface area contributed by atoms with Gasteiger partial charge in [0.05, 0.1) is 9.79 Å². The van der Waals surface area contributed by atoms with Crippen LogP contribution in [0.15, 0.2) is 101 Å². The van der Waals surface area contributed by atoms with Crippen molar-refractivity contribution in [3.05, 3.63) is 124 Å². The summed E-state index contributed by atoms with van der Waals surface area (Å²) >= 11 is 6.16. The fraction of sp³-hybridized carbons (Fsp3) is 0.0909. The van der Waals surface area contributed by atoms with Gasteiger partial charge in [-0.15, -0.1) is 0 Å². The minimum atomic E-state index is -3.46. The van der Waals surface area contributed by atoms with Crippen molar-refractivity contribution < 1.29 is 30.4 Å². The predicted molar refractivity (Wildman–Crippen MR) is 168 cm³/mol. The Morgan fingerprint density at radius 3 is 1.93 bits per heavy atom. The summed E-state index contributed by atoms with van der Waals surface area (Å²) < 4.78 is 75.2. The molecule has 0 radical (unpaired) electrons. The van der Waals surface area contributed by atoms with E-state index < -0.39 is 31.3 Å². The van der Waals surface area contributed by atoms with Crippen LogP contribution in [-0.2, 0) is 30.9 Å². The second-order valence-electron chi connectivity index (χ2n) is 10.1. The Balaban J connectivity index is 0.000000175. The molecule has 1 aliphatic rings. The quantitative estimate of drug-likeness (QED) is 0.194. The molecule has 0 saturated heterocycles. The molecule has 0 saturated carbocycles. The Hall–Kier alpha value is -4.25. The fourth-order valence-electron chi connectivity index (χ4n) is 4.97. The van der Waals surface area contributed by atoms with Gasteiger partial charge in [0, 0.05) is 52.1 Å². The van der Waals surface area contributed by atoms with Gasteiger partial charge in [0.2, 0.25) is 0 Å². The first kappa shape index (κ1) is 31.2. The third-order valence-corrected chi connectivity index (χ3v) is 9.59. The van der Waals surface area contributed by atoms with Crippen LogP contribution in [0.3, 0.4) is 0 Å². The average Bonchev–Trinajstić information content (AvgIpc) is 2.97. The molecule has 0 bridgehead atoms. The van der Waals surface area contributed by atoms with Gasteiger partial charge in [0.25, 0.3) is 0 Å². The number of halogens is 3. The van der Waals surface area contributed by atoms with E-state index in [0.717, 1.165) is 12.5 Å². The number of carbonyl (C=O) groups is 1. The maximum atomic E-state index is 13.8. The van der Waals surface area contributed by atoms with E-state index >= 15 is 0 Å². The SMILES string of the molecule is CS(=O)(=O)c1ccccc1-c1cc2cccc(F)c2nc1Cl.CS(=O)(=O)c1ccccc1C1=Cc2cccc(F)c2CC1=O. The third kappa shape index (κ3) is 6.33. The number of pyridine rings is 1. The zero-order valence-corrected chi connectivity index (χ0v) is 25.8. The van der Waals surface area contributed by atoms with Crippen molar-refractivity contribution in [1.29, 1.82) is 0 Å². The summed E-state index contributed by atoms with van der Waals surface area (Å²) in [4.78, 5) is 16.7. The summed E-state index contributed by atoms with van der Waals surface area (Å²) in [6.07, 6.45) is 3.74. The molecule has 0 amide bonds. The highest BCUT2D eigenvalue weighted by Crippen LogP contribution is 2.35. The van der Waals surface area contributed by atoms with E-state index in [1.807, 2.05) is 0 Å². The molecule has 5 aromatic rings. The monoisotopic (exact) mass is 651 g/mol. The topological polar surface area (TPSA) is 98.2 Å². The number of ketones is 1. The Morgan fingerprint density at radius 2 is 1.27 bits per heavy atom. The molecule has 1 aliphatic carbocycles. The third-order valence-electron chi connectivity index (χ3n) is 7.00. The van der Waals surface area contributed by atoms with Crippen LogP contribution in [-0.4, -0.2) is 40.1 Å². The van der Waals surface area contributed by atoms with Gasteiger partial charge in [0.15, 0.2) is 25.5 Å². The number of carbonyl (C=O) groups excluding carboxylic acids is 1.